The summed E-state index contributed by atoms with van der Waals surface area (Å²) >= 11 is 0. The second-order valence-electron chi connectivity index (χ2n) is 8.63. The minimum absolute atomic E-state index is 0.186. The quantitative estimate of drug-likeness (QED) is 0.812. The van der Waals surface area contributed by atoms with Crippen molar-refractivity contribution in [1.29, 1.82) is 0 Å². The molecule has 0 saturated carbocycles. The van der Waals surface area contributed by atoms with Gasteiger partial charge in [-0.2, -0.15) is 18.3 Å². The molecule has 0 unspecified atom stereocenters. The maximum Gasteiger partial charge on any atom is 0.410 e. The van der Waals surface area contributed by atoms with Crippen LogP contribution in [-0.4, -0.2) is 58.1 Å². The molecule has 1 saturated heterocycles. The van der Waals surface area contributed by atoms with Crippen molar-refractivity contribution in [1.82, 2.24) is 20.0 Å². The first-order valence-electron chi connectivity index (χ1n) is 9.61. The fraction of sp³-hybridized carbons (Fsp3) is 0.550. The van der Waals surface area contributed by atoms with Crippen LogP contribution in [0.5, 0.6) is 0 Å². The first-order chi connectivity index (χ1) is 13.8. The van der Waals surface area contributed by atoms with Crippen LogP contribution < -0.4 is 5.32 Å². The first kappa shape index (κ1) is 21.9. The molecule has 0 spiro atoms. The predicted octanol–water partition coefficient (Wildman–Crippen LogP) is 3.50. The second kappa shape index (κ2) is 7.81. The molecule has 3 rings (SSSR count). The summed E-state index contributed by atoms with van der Waals surface area (Å²) in [5, 5.41) is 7.04. The Morgan fingerprint density at radius 1 is 1.23 bits per heavy atom. The molecule has 2 heterocycles. The topological polar surface area (TPSA) is 76.5 Å². The summed E-state index contributed by atoms with van der Waals surface area (Å²) in [6, 6.07) is 3.23. The van der Waals surface area contributed by atoms with Gasteiger partial charge in [0.05, 0.1) is 5.52 Å². The molecule has 1 aromatic heterocycles. The van der Waals surface area contributed by atoms with E-state index in [1.165, 1.54) is 0 Å². The third kappa shape index (κ3) is 5.43. The van der Waals surface area contributed by atoms with E-state index in [9.17, 15) is 22.8 Å². The van der Waals surface area contributed by atoms with E-state index in [4.69, 9.17) is 4.74 Å². The Bertz CT molecular complexity index is 957. The van der Waals surface area contributed by atoms with Crippen LogP contribution in [0.1, 0.15) is 36.7 Å². The van der Waals surface area contributed by atoms with Gasteiger partial charge in [-0.25, -0.2) is 4.79 Å². The van der Waals surface area contributed by atoms with Crippen molar-refractivity contribution in [2.24, 2.45) is 5.92 Å². The number of likely N-dealkylation sites (tertiary alicyclic amines) is 1. The van der Waals surface area contributed by atoms with Crippen molar-refractivity contribution in [3.63, 3.8) is 0 Å². The van der Waals surface area contributed by atoms with Gasteiger partial charge >= 0.3 is 12.3 Å². The zero-order valence-electron chi connectivity index (χ0n) is 17.3. The number of hydrogen-bond donors (Lipinski definition) is 1. The number of amides is 2. The number of nitrogens with zero attached hydrogens (tertiary/aromatic N) is 3. The lowest BCUT2D eigenvalue weighted by Gasteiger charge is -2.39. The molecule has 164 valence electrons. The van der Waals surface area contributed by atoms with Gasteiger partial charge in [0.1, 0.15) is 12.1 Å². The molecule has 1 aliphatic heterocycles. The monoisotopic (exact) mass is 426 g/mol. The fourth-order valence-electron chi connectivity index (χ4n) is 3.27. The molecule has 1 fully saturated rings. The lowest BCUT2D eigenvalue weighted by Crippen LogP contribution is -2.52. The average Bonchev–Trinajstić information content (AvgIpc) is 2.93. The molecule has 1 aromatic carbocycles. The van der Waals surface area contributed by atoms with Gasteiger partial charge in [0.15, 0.2) is 0 Å². The molecule has 2 aromatic rings. The van der Waals surface area contributed by atoms with E-state index >= 15 is 0 Å². The van der Waals surface area contributed by atoms with Crippen LogP contribution in [0.3, 0.4) is 0 Å². The Morgan fingerprint density at radius 3 is 2.50 bits per heavy atom. The van der Waals surface area contributed by atoms with Gasteiger partial charge in [-0.05, 0) is 45.4 Å². The highest BCUT2D eigenvalue weighted by molar-refractivity contribution is 5.99. The number of halogens is 3. The highest BCUT2D eigenvalue weighted by Gasteiger charge is 2.34. The van der Waals surface area contributed by atoms with Gasteiger partial charge in [-0.1, -0.05) is 0 Å². The van der Waals surface area contributed by atoms with Crippen LogP contribution in [-0.2, 0) is 11.3 Å². The van der Waals surface area contributed by atoms with E-state index in [2.05, 4.69) is 5.10 Å². The van der Waals surface area contributed by atoms with Crippen LogP contribution >= 0.6 is 0 Å². The first-order valence-corrected chi connectivity index (χ1v) is 9.61. The fourth-order valence-corrected chi connectivity index (χ4v) is 3.27. The molecule has 10 heteroatoms. The van der Waals surface area contributed by atoms with E-state index in [1.54, 1.807) is 34.8 Å². The van der Waals surface area contributed by atoms with Crippen molar-refractivity contribution in [2.45, 2.75) is 46.0 Å². The number of benzene rings is 1. The summed E-state index contributed by atoms with van der Waals surface area (Å²) in [5.41, 5.74) is 0.852. The lowest BCUT2D eigenvalue weighted by molar-refractivity contribution is -0.123. The van der Waals surface area contributed by atoms with Crippen LogP contribution in [0.25, 0.3) is 10.9 Å². The normalized spacial score (nSPS) is 15.2. The molecule has 7 nitrogen and oxygen atoms in total. The van der Waals surface area contributed by atoms with Crippen LogP contribution in [0.4, 0.5) is 18.0 Å². The molecular formula is C20H25F3N4O3. The molecule has 1 N–H and O–H groups in total. The Hall–Kier alpha value is -2.78. The highest BCUT2D eigenvalue weighted by Crippen LogP contribution is 2.23. The SMILES string of the molecule is Cc1cc2nn(CC3CN(C(=O)OC(C)(C)C)C3)cc2cc1C(=O)NCC(F)(F)F. The molecule has 0 radical (unpaired) electrons. The van der Waals surface area contributed by atoms with Crippen molar-refractivity contribution >= 4 is 22.9 Å². The van der Waals surface area contributed by atoms with Crippen molar-refractivity contribution < 1.29 is 27.5 Å². The number of ether oxygens (including phenoxy) is 1. The maximum absolute atomic E-state index is 12.3. The number of aryl methyl sites for hydroxylation is 1. The smallest absolute Gasteiger partial charge is 0.410 e. The standard InChI is InChI=1S/C20H25F3N4O3/c1-12-5-16-14(6-15(12)17(28)24-11-20(21,22)23)10-27(25-16)9-13-7-26(8-13)18(29)30-19(2,3)4/h5-6,10,13H,7-9,11H2,1-4H3,(H,24,28). The number of fused-ring (bicyclic) bond motifs is 1. The van der Waals surface area contributed by atoms with Crippen molar-refractivity contribution in [3.05, 3.63) is 29.5 Å². The second-order valence-corrected chi connectivity index (χ2v) is 8.63. The third-order valence-corrected chi connectivity index (χ3v) is 4.65. The molecule has 0 atom stereocenters. The van der Waals surface area contributed by atoms with E-state index < -0.39 is 24.2 Å². The average molecular weight is 426 g/mol. The molecule has 30 heavy (non-hydrogen) atoms. The van der Waals surface area contributed by atoms with Crippen LogP contribution in [0.2, 0.25) is 0 Å². The summed E-state index contributed by atoms with van der Waals surface area (Å²) in [5.74, 6) is -0.547. The van der Waals surface area contributed by atoms with Gasteiger partial charge in [0.2, 0.25) is 0 Å². The molecular weight excluding hydrogens is 401 g/mol. The van der Waals surface area contributed by atoms with Gasteiger partial charge in [0.25, 0.3) is 5.91 Å². The largest absolute Gasteiger partial charge is 0.444 e. The minimum Gasteiger partial charge on any atom is -0.444 e. The Morgan fingerprint density at radius 2 is 1.90 bits per heavy atom. The lowest BCUT2D eigenvalue weighted by atomic mass is 10.0. The van der Waals surface area contributed by atoms with Gasteiger partial charge in [-0.3, -0.25) is 9.48 Å². The Balaban J connectivity index is 1.63. The predicted molar refractivity (Wildman–Crippen MR) is 104 cm³/mol. The summed E-state index contributed by atoms with van der Waals surface area (Å²) in [6.45, 7) is 7.45. The molecule has 1 aliphatic rings. The molecule has 0 aliphatic carbocycles. The zero-order valence-corrected chi connectivity index (χ0v) is 17.3. The van der Waals surface area contributed by atoms with E-state index in [0.717, 1.165) is 0 Å². The number of aromatic nitrogens is 2. The summed E-state index contributed by atoms with van der Waals surface area (Å²) < 4.78 is 44.1. The number of rotatable bonds is 4. The Labute approximate surface area is 172 Å². The van der Waals surface area contributed by atoms with E-state index in [0.29, 0.717) is 36.1 Å². The van der Waals surface area contributed by atoms with Gasteiger partial charge in [0, 0.05) is 42.7 Å². The summed E-state index contributed by atoms with van der Waals surface area (Å²) in [6.07, 6.45) is -3.05. The third-order valence-electron chi connectivity index (χ3n) is 4.65. The van der Waals surface area contributed by atoms with Gasteiger partial charge < -0.3 is 15.0 Å². The van der Waals surface area contributed by atoms with E-state index in [-0.39, 0.29) is 17.6 Å². The van der Waals surface area contributed by atoms with E-state index in [1.807, 2.05) is 26.1 Å². The number of nitrogens with one attached hydrogen (secondary N) is 1. The van der Waals surface area contributed by atoms with Crippen molar-refractivity contribution in [2.75, 3.05) is 19.6 Å². The number of carbonyl (C=O) groups excluding carboxylic acids is 2. The maximum atomic E-state index is 12.3. The zero-order chi connectivity index (χ0) is 22.3. The highest BCUT2D eigenvalue weighted by atomic mass is 19.4. The van der Waals surface area contributed by atoms with Gasteiger partial charge in [-0.15, -0.1) is 0 Å². The summed E-state index contributed by atoms with van der Waals surface area (Å²) in [7, 11) is 0. The minimum atomic E-state index is -4.46. The number of carbonyl (C=O) groups is 2. The molecule has 0 bridgehead atoms. The number of hydrogen-bond acceptors (Lipinski definition) is 4. The summed E-state index contributed by atoms with van der Waals surface area (Å²) in [4.78, 5) is 25.7. The van der Waals surface area contributed by atoms with Crippen LogP contribution in [0, 0.1) is 12.8 Å². The van der Waals surface area contributed by atoms with Crippen LogP contribution in [0.15, 0.2) is 18.3 Å². The van der Waals surface area contributed by atoms with Crippen molar-refractivity contribution in [3.8, 4) is 0 Å². The Kier molecular flexibility index (Phi) is 5.70. The molecule has 2 amide bonds. The number of alkyl halides is 3.